The fourth-order valence-electron chi connectivity index (χ4n) is 2.87. The Labute approximate surface area is 148 Å². The van der Waals surface area contributed by atoms with Gasteiger partial charge in [0.2, 0.25) is 11.8 Å². The van der Waals surface area contributed by atoms with E-state index >= 15 is 0 Å². The molecule has 0 aromatic carbocycles. The summed E-state index contributed by atoms with van der Waals surface area (Å²) >= 11 is 1.56. The maximum absolute atomic E-state index is 12.6. The van der Waals surface area contributed by atoms with E-state index in [2.05, 4.69) is 36.0 Å². The van der Waals surface area contributed by atoms with E-state index in [9.17, 15) is 9.59 Å². The third-order valence-corrected chi connectivity index (χ3v) is 4.90. The summed E-state index contributed by atoms with van der Waals surface area (Å²) in [6.07, 6.45) is 0.211. The van der Waals surface area contributed by atoms with Crippen molar-refractivity contribution in [3.05, 3.63) is 16.1 Å². The number of nitrogens with zero attached hydrogens (tertiary/aromatic N) is 3. The van der Waals surface area contributed by atoms with E-state index in [4.69, 9.17) is 0 Å². The van der Waals surface area contributed by atoms with Crippen LogP contribution in [0.4, 0.5) is 0 Å². The lowest BCUT2D eigenvalue weighted by Gasteiger charge is -2.38. The molecule has 7 heteroatoms. The molecule has 0 aliphatic carbocycles. The van der Waals surface area contributed by atoms with E-state index in [1.54, 1.807) is 23.3 Å². The van der Waals surface area contributed by atoms with Gasteiger partial charge < -0.3 is 10.2 Å². The summed E-state index contributed by atoms with van der Waals surface area (Å²) in [6, 6.07) is -0.383. The monoisotopic (exact) mass is 352 g/mol. The fraction of sp³-hybridized carbons (Fsp3) is 0.706. The Bertz CT molecular complexity index is 594. The van der Waals surface area contributed by atoms with E-state index in [0.717, 1.165) is 23.8 Å². The highest BCUT2D eigenvalue weighted by molar-refractivity contribution is 7.09. The first-order chi connectivity index (χ1) is 11.2. The van der Waals surface area contributed by atoms with Gasteiger partial charge in [0, 0.05) is 37.8 Å². The van der Waals surface area contributed by atoms with Crippen LogP contribution < -0.4 is 5.32 Å². The number of hydrogen-bond acceptors (Lipinski definition) is 5. The lowest BCUT2D eigenvalue weighted by Crippen LogP contribution is -2.58. The summed E-state index contributed by atoms with van der Waals surface area (Å²) in [6.45, 7) is 11.1. The molecule has 2 amide bonds. The second-order valence-corrected chi connectivity index (χ2v) is 8.62. The Hall–Kier alpha value is -1.47. The van der Waals surface area contributed by atoms with Gasteiger partial charge in [-0.15, -0.1) is 11.3 Å². The number of aryl methyl sites for hydroxylation is 1. The first-order valence-electron chi connectivity index (χ1n) is 8.32. The van der Waals surface area contributed by atoms with Crippen molar-refractivity contribution in [1.29, 1.82) is 0 Å². The minimum Gasteiger partial charge on any atom is -0.353 e. The van der Waals surface area contributed by atoms with Crippen LogP contribution in [0.1, 0.15) is 37.9 Å². The molecular formula is C17H28N4O2S. The Morgan fingerprint density at radius 1 is 1.50 bits per heavy atom. The van der Waals surface area contributed by atoms with Gasteiger partial charge in [0.25, 0.3) is 0 Å². The summed E-state index contributed by atoms with van der Waals surface area (Å²) in [5.41, 5.74) is 1.06. The summed E-state index contributed by atoms with van der Waals surface area (Å²) < 4.78 is 0. The van der Waals surface area contributed by atoms with Crippen LogP contribution >= 0.6 is 11.3 Å². The zero-order valence-electron chi connectivity index (χ0n) is 15.3. The molecule has 0 spiro atoms. The summed E-state index contributed by atoms with van der Waals surface area (Å²) in [5, 5.41) is 5.78. The molecule has 2 heterocycles. The third-order valence-electron chi connectivity index (χ3n) is 3.95. The Balaban J connectivity index is 1.99. The van der Waals surface area contributed by atoms with Gasteiger partial charge in [0.15, 0.2) is 0 Å². The van der Waals surface area contributed by atoms with Crippen LogP contribution in [0.15, 0.2) is 5.38 Å². The summed E-state index contributed by atoms with van der Waals surface area (Å²) in [4.78, 5) is 33.0. The molecule has 1 atom stereocenters. The highest BCUT2D eigenvalue weighted by Crippen LogP contribution is 2.20. The van der Waals surface area contributed by atoms with Crippen LogP contribution in [0.5, 0.6) is 0 Å². The van der Waals surface area contributed by atoms with Gasteiger partial charge in [-0.2, -0.15) is 0 Å². The lowest BCUT2D eigenvalue weighted by atomic mass is 9.94. The van der Waals surface area contributed by atoms with E-state index in [1.807, 2.05) is 12.3 Å². The zero-order valence-corrected chi connectivity index (χ0v) is 16.1. The Morgan fingerprint density at radius 3 is 2.79 bits per heavy atom. The van der Waals surface area contributed by atoms with Crippen molar-refractivity contribution in [3.63, 3.8) is 0 Å². The van der Waals surface area contributed by atoms with Crippen molar-refractivity contribution in [3.8, 4) is 0 Å². The van der Waals surface area contributed by atoms with Crippen molar-refractivity contribution in [2.45, 2.75) is 46.7 Å². The average Bonchev–Trinajstić information content (AvgIpc) is 2.86. The molecule has 1 aliphatic heterocycles. The van der Waals surface area contributed by atoms with Crippen molar-refractivity contribution < 1.29 is 9.59 Å². The van der Waals surface area contributed by atoms with E-state index in [0.29, 0.717) is 13.1 Å². The largest absolute Gasteiger partial charge is 0.353 e. The predicted octanol–water partition coefficient (Wildman–Crippen LogP) is 1.65. The fourth-order valence-corrected chi connectivity index (χ4v) is 3.69. The quantitative estimate of drug-likeness (QED) is 0.875. The molecule has 0 saturated carbocycles. The highest BCUT2D eigenvalue weighted by atomic mass is 32.1. The first-order valence-corrected chi connectivity index (χ1v) is 9.20. The van der Waals surface area contributed by atoms with Crippen molar-refractivity contribution >= 4 is 23.2 Å². The first kappa shape index (κ1) is 18.9. The van der Waals surface area contributed by atoms with Gasteiger partial charge in [-0.3, -0.25) is 14.5 Å². The maximum Gasteiger partial charge on any atom is 0.237 e. The molecule has 0 unspecified atom stereocenters. The van der Waals surface area contributed by atoms with Crippen molar-refractivity contribution in [1.82, 2.24) is 20.1 Å². The van der Waals surface area contributed by atoms with Gasteiger partial charge in [-0.25, -0.2) is 4.98 Å². The number of carbonyl (C=O) groups excluding carboxylic acids is 2. The number of amides is 2. The number of nitrogens with one attached hydrogen (secondary N) is 1. The molecule has 1 aromatic rings. The Kier molecular flexibility index (Phi) is 5.98. The van der Waals surface area contributed by atoms with Gasteiger partial charge in [0.05, 0.1) is 19.0 Å². The normalized spacial score (nSPS) is 19.2. The second-order valence-electron chi connectivity index (χ2n) is 7.67. The van der Waals surface area contributed by atoms with Gasteiger partial charge >= 0.3 is 0 Å². The molecule has 1 aromatic heterocycles. The molecular weight excluding hydrogens is 324 g/mol. The van der Waals surface area contributed by atoms with Crippen molar-refractivity contribution in [2.75, 3.05) is 26.7 Å². The van der Waals surface area contributed by atoms with E-state index in [1.165, 1.54) is 0 Å². The number of rotatable bonds is 5. The number of thiazole rings is 1. The smallest absolute Gasteiger partial charge is 0.237 e. The van der Waals surface area contributed by atoms with Crippen LogP contribution in [0, 0.1) is 12.3 Å². The van der Waals surface area contributed by atoms with Crippen LogP contribution in [0.25, 0.3) is 0 Å². The molecule has 1 aliphatic rings. The number of carbonyl (C=O) groups is 2. The van der Waals surface area contributed by atoms with Crippen LogP contribution in [-0.4, -0.2) is 59.3 Å². The van der Waals surface area contributed by atoms with Gasteiger partial charge in [0.1, 0.15) is 5.01 Å². The molecule has 2 rings (SSSR count). The molecule has 1 N–H and O–H groups in total. The number of piperazine rings is 1. The molecule has 0 bridgehead atoms. The topological polar surface area (TPSA) is 65.5 Å². The van der Waals surface area contributed by atoms with Gasteiger partial charge in [-0.05, 0) is 12.3 Å². The second kappa shape index (κ2) is 7.61. The maximum atomic E-state index is 12.6. The molecule has 24 heavy (non-hydrogen) atoms. The SMILES string of the molecule is Cc1csc(CN(C)C(=O)C[C@H]2C(=O)NCCN2CC(C)(C)C)n1. The summed E-state index contributed by atoms with van der Waals surface area (Å²) in [5.74, 6) is -0.0684. The lowest BCUT2D eigenvalue weighted by molar-refractivity contribution is -0.138. The summed E-state index contributed by atoms with van der Waals surface area (Å²) in [7, 11) is 1.77. The van der Waals surface area contributed by atoms with Crippen LogP contribution in [0.3, 0.4) is 0 Å². The van der Waals surface area contributed by atoms with Crippen molar-refractivity contribution in [2.24, 2.45) is 5.41 Å². The zero-order chi connectivity index (χ0) is 17.9. The minimum atomic E-state index is -0.383. The standard InChI is InChI=1S/C17H28N4O2S/c1-12-10-24-14(19-12)9-20(5)15(22)8-13-16(23)18-6-7-21(13)11-17(2,3)4/h10,13H,6-9,11H2,1-5H3,(H,18,23)/t13-/m0/s1. The molecule has 6 nitrogen and oxygen atoms in total. The molecule has 0 radical (unpaired) electrons. The van der Waals surface area contributed by atoms with E-state index in [-0.39, 0.29) is 29.7 Å². The van der Waals surface area contributed by atoms with Crippen LogP contribution in [0.2, 0.25) is 0 Å². The van der Waals surface area contributed by atoms with Crippen LogP contribution in [-0.2, 0) is 16.1 Å². The minimum absolute atomic E-state index is 0.0242. The third kappa shape index (κ3) is 5.27. The molecule has 1 saturated heterocycles. The molecule has 1 fully saturated rings. The number of hydrogen-bond donors (Lipinski definition) is 1. The highest BCUT2D eigenvalue weighted by Gasteiger charge is 2.34. The van der Waals surface area contributed by atoms with Gasteiger partial charge in [-0.1, -0.05) is 20.8 Å². The Morgan fingerprint density at radius 2 is 2.21 bits per heavy atom. The number of aromatic nitrogens is 1. The molecule has 134 valence electrons. The average molecular weight is 353 g/mol. The van der Waals surface area contributed by atoms with E-state index < -0.39 is 0 Å². The predicted molar refractivity (Wildman–Crippen MR) is 95.8 cm³/mol.